The summed E-state index contributed by atoms with van der Waals surface area (Å²) in [6.07, 6.45) is 0. The molecule has 1 aromatic rings. The second kappa shape index (κ2) is 5.48. The SMILES string of the molecule is CN(CCO)CC(=O)c1ccc(O)cc1. The molecule has 0 aromatic heterocycles. The van der Waals surface area contributed by atoms with Gasteiger partial charge in [-0.05, 0) is 31.3 Å². The van der Waals surface area contributed by atoms with Gasteiger partial charge in [-0.25, -0.2) is 0 Å². The smallest absolute Gasteiger partial charge is 0.176 e. The summed E-state index contributed by atoms with van der Waals surface area (Å²) in [6.45, 7) is 0.786. The number of nitrogens with zero attached hydrogens (tertiary/aromatic N) is 1. The maximum absolute atomic E-state index is 11.6. The maximum atomic E-state index is 11.6. The first-order valence-corrected chi connectivity index (χ1v) is 4.75. The number of aromatic hydroxyl groups is 1. The van der Waals surface area contributed by atoms with Crippen LogP contribution in [0.3, 0.4) is 0 Å². The van der Waals surface area contributed by atoms with Gasteiger partial charge in [0.15, 0.2) is 5.78 Å². The van der Waals surface area contributed by atoms with Crippen LogP contribution in [0, 0.1) is 0 Å². The zero-order valence-corrected chi connectivity index (χ0v) is 8.68. The number of likely N-dealkylation sites (N-methyl/N-ethyl adjacent to an activating group) is 1. The van der Waals surface area contributed by atoms with Crippen molar-refractivity contribution in [3.8, 4) is 5.75 Å². The van der Waals surface area contributed by atoms with E-state index in [0.29, 0.717) is 12.1 Å². The van der Waals surface area contributed by atoms with Crippen LogP contribution in [0.2, 0.25) is 0 Å². The van der Waals surface area contributed by atoms with E-state index in [4.69, 9.17) is 10.2 Å². The van der Waals surface area contributed by atoms with Gasteiger partial charge in [0.25, 0.3) is 0 Å². The van der Waals surface area contributed by atoms with Gasteiger partial charge in [-0.1, -0.05) is 0 Å². The number of aliphatic hydroxyl groups is 1. The Balaban J connectivity index is 2.57. The number of hydrogen-bond acceptors (Lipinski definition) is 4. The highest BCUT2D eigenvalue weighted by Gasteiger charge is 2.08. The van der Waals surface area contributed by atoms with Crippen molar-refractivity contribution in [2.75, 3.05) is 26.7 Å². The van der Waals surface area contributed by atoms with Crippen LogP contribution in [0.25, 0.3) is 0 Å². The fraction of sp³-hybridized carbons (Fsp3) is 0.364. The lowest BCUT2D eigenvalue weighted by Crippen LogP contribution is -2.28. The Morgan fingerprint density at radius 1 is 1.33 bits per heavy atom. The number of benzene rings is 1. The fourth-order valence-electron chi connectivity index (χ4n) is 1.23. The van der Waals surface area contributed by atoms with Crippen LogP contribution in [-0.2, 0) is 0 Å². The summed E-state index contributed by atoms with van der Waals surface area (Å²) >= 11 is 0. The lowest BCUT2D eigenvalue weighted by atomic mass is 10.1. The molecule has 0 aliphatic heterocycles. The van der Waals surface area contributed by atoms with E-state index < -0.39 is 0 Å². The number of hydrogen-bond donors (Lipinski definition) is 2. The number of ketones is 1. The van der Waals surface area contributed by atoms with E-state index >= 15 is 0 Å². The van der Waals surface area contributed by atoms with Gasteiger partial charge in [0.2, 0.25) is 0 Å². The van der Waals surface area contributed by atoms with Gasteiger partial charge in [0, 0.05) is 12.1 Å². The number of rotatable bonds is 5. The van der Waals surface area contributed by atoms with E-state index in [-0.39, 0.29) is 24.7 Å². The van der Waals surface area contributed by atoms with Crippen LogP contribution >= 0.6 is 0 Å². The number of phenols is 1. The predicted molar refractivity (Wildman–Crippen MR) is 57.0 cm³/mol. The summed E-state index contributed by atoms with van der Waals surface area (Å²) < 4.78 is 0. The van der Waals surface area contributed by atoms with E-state index in [1.807, 2.05) is 0 Å². The van der Waals surface area contributed by atoms with Gasteiger partial charge in [-0.15, -0.1) is 0 Å². The normalized spacial score (nSPS) is 10.6. The molecule has 0 saturated carbocycles. The van der Waals surface area contributed by atoms with Gasteiger partial charge in [0.05, 0.1) is 13.2 Å². The van der Waals surface area contributed by atoms with E-state index in [0.717, 1.165) is 0 Å². The summed E-state index contributed by atoms with van der Waals surface area (Å²) in [5, 5.41) is 17.7. The van der Waals surface area contributed by atoms with Gasteiger partial charge in [0.1, 0.15) is 5.75 Å². The first kappa shape index (κ1) is 11.7. The molecule has 0 bridgehead atoms. The van der Waals surface area contributed by atoms with E-state index in [9.17, 15) is 4.79 Å². The molecule has 0 fully saturated rings. The molecule has 0 spiro atoms. The van der Waals surface area contributed by atoms with Gasteiger partial charge in [-0.3, -0.25) is 9.69 Å². The maximum Gasteiger partial charge on any atom is 0.176 e. The molecule has 1 aromatic carbocycles. The zero-order chi connectivity index (χ0) is 11.3. The van der Waals surface area contributed by atoms with E-state index in [2.05, 4.69) is 0 Å². The van der Waals surface area contributed by atoms with Gasteiger partial charge in [-0.2, -0.15) is 0 Å². The average Bonchev–Trinajstić information content (AvgIpc) is 2.18. The topological polar surface area (TPSA) is 60.8 Å². The van der Waals surface area contributed by atoms with Crippen LogP contribution in [-0.4, -0.2) is 47.6 Å². The van der Waals surface area contributed by atoms with Crippen LogP contribution in [0.15, 0.2) is 24.3 Å². The molecule has 0 atom stereocenters. The molecule has 0 radical (unpaired) electrons. The van der Waals surface area contributed by atoms with Crippen LogP contribution in [0.5, 0.6) is 5.75 Å². The highest BCUT2D eigenvalue weighted by atomic mass is 16.3. The zero-order valence-electron chi connectivity index (χ0n) is 8.68. The van der Waals surface area contributed by atoms with Crippen molar-refractivity contribution in [2.45, 2.75) is 0 Å². The number of phenolic OH excluding ortho intramolecular Hbond substituents is 1. The monoisotopic (exact) mass is 209 g/mol. The van der Waals surface area contributed by atoms with Crippen LogP contribution in [0.1, 0.15) is 10.4 Å². The van der Waals surface area contributed by atoms with Crippen molar-refractivity contribution in [3.05, 3.63) is 29.8 Å². The summed E-state index contributed by atoms with van der Waals surface area (Å²) in [5.74, 6) is 0.126. The van der Waals surface area contributed by atoms with Crippen molar-refractivity contribution < 1.29 is 15.0 Å². The highest BCUT2D eigenvalue weighted by molar-refractivity contribution is 5.97. The molecule has 0 aliphatic rings. The molecule has 0 amide bonds. The summed E-state index contributed by atoms with van der Waals surface area (Å²) in [6, 6.07) is 6.15. The van der Waals surface area contributed by atoms with Crippen molar-refractivity contribution in [1.82, 2.24) is 4.90 Å². The average molecular weight is 209 g/mol. The summed E-state index contributed by atoms with van der Waals surface area (Å²) in [7, 11) is 1.77. The van der Waals surface area contributed by atoms with Crippen molar-refractivity contribution in [1.29, 1.82) is 0 Å². The molecular weight excluding hydrogens is 194 g/mol. The van der Waals surface area contributed by atoms with E-state index in [1.165, 1.54) is 12.1 Å². The number of aliphatic hydroxyl groups excluding tert-OH is 1. The largest absolute Gasteiger partial charge is 0.508 e. The minimum Gasteiger partial charge on any atom is -0.508 e. The van der Waals surface area contributed by atoms with Crippen LogP contribution < -0.4 is 0 Å². The quantitative estimate of drug-likeness (QED) is 0.693. The molecule has 4 heteroatoms. The second-order valence-electron chi connectivity index (χ2n) is 3.43. The molecule has 0 aliphatic carbocycles. The Hall–Kier alpha value is -1.39. The predicted octanol–water partition coefficient (Wildman–Crippen LogP) is 0.499. The Labute approximate surface area is 88.8 Å². The van der Waals surface area contributed by atoms with Gasteiger partial charge >= 0.3 is 0 Å². The number of Topliss-reactive ketones (excluding diaryl/α,β-unsaturated/α-hetero) is 1. The van der Waals surface area contributed by atoms with Crippen molar-refractivity contribution >= 4 is 5.78 Å². The molecule has 0 heterocycles. The first-order valence-electron chi connectivity index (χ1n) is 4.75. The standard InChI is InChI=1S/C11H15NO3/c1-12(6-7-13)8-11(15)9-2-4-10(14)5-3-9/h2-5,13-14H,6-8H2,1H3. The minimum atomic E-state index is -0.0223. The molecule has 4 nitrogen and oxygen atoms in total. The lowest BCUT2D eigenvalue weighted by molar-refractivity contribution is 0.0936. The molecule has 0 unspecified atom stereocenters. The van der Waals surface area contributed by atoms with Crippen molar-refractivity contribution in [2.24, 2.45) is 0 Å². The molecule has 15 heavy (non-hydrogen) atoms. The molecule has 82 valence electrons. The van der Waals surface area contributed by atoms with Gasteiger partial charge < -0.3 is 10.2 Å². The third-order valence-corrected chi connectivity index (χ3v) is 2.08. The van der Waals surface area contributed by atoms with E-state index in [1.54, 1.807) is 24.1 Å². The molecule has 0 saturated heterocycles. The molecular formula is C11H15NO3. The fourth-order valence-corrected chi connectivity index (χ4v) is 1.23. The molecule has 1 rings (SSSR count). The Bertz CT molecular complexity index is 321. The number of carbonyl (C=O) groups excluding carboxylic acids is 1. The Morgan fingerprint density at radius 2 is 1.93 bits per heavy atom. The Morgan fingerprint density at radius 3 is 2.47 bits per heavy atom. The third-order valence-electron chi connectivity index (χ3n) is 2.08. The Kier molecular flexibility index (Phi) is 4.27. The van der Waals surface area contributed by atoms with Crippen molar-refractivity contribution in [3.63, 3.8) is 0 Å². The number of carbonyl (C=O) groups is 1. The first-order chi connectivity index (χ1) is 7.13. The third kappa shape index (κ3) is 3.69. The second-order valence-corrected chi connectivity index (χ2v) is 3.43. The lowest BCUT2D eigenvalue weighted by Gasteiger charge is -2.13. The minimum absolute atomic E-state index is 0.0223. The summed E-state index contributed by atoms with van der Waals surface area (Å²) in [4.78, 5) is 13.4. The van der Waals surface area contributed by atoms with Crippen LogP contribution in [0.4, 0.5) is 0 Å². The molecule has 2 N–H and O–H groups in total. The highest BCUT2D eigenvalue weighted by Crippen LogP contribution is 2.10. The summed E-state index contributed by atoms with van der Waals surface area (Å²) in [5.41, 5.74) is 0.567.